The quantitative estimate of drug-likeness (QED) is 0.853. The number of rotatable bonds is 3. The van der Waals surface area contributed by atoms with Gasteiger partial charge in [-0.25, -0.2) is 0 Å². The number of carbonyl (C=O) groups excluding carboxylic acids is 1. The fourth-order valence-corrected chi connectivity index (χ4v) is 4.28. The van der Waals surface area contributed by atoms with Gasteiger partial charge in [0, 0.05) is 44.7 Å². The monoisotopic (exact) mass is 279 g/mol. The molecule has 0 unspecified atom stereocenters. The largest absolute Gasteiger partial charge is 0.340 e. The van der Waals surface area contributed by atoms with Crippen LogP contribution >= 0.6 is 0 Å². The molecule has 20 heavy (non-hydrogen) atoms. The van der Waals surface area contributed by atoms with E-state index >= 15 is 0 Å². The molecule has 2 saturated carbocycles. The maximum atomic E-state index is 12.4. The average Bonchev–Trinajstić information content (AvgIpc) is 3.12. The van der Waals surface area contributed by atoms with Crippen molar-refractivity contribution in [1.29, 1.82) is 0 Å². The van der Waals surface area contributed by atoms with Gasteiger partial charge in [-0.3, -0.25) is 9.69 Å². The molecule has 2 N–H and O–H groups in total. The van der Waals surface area contributed by atoms with Crippen LogP contribution in [0, 0.1) is 5.92 Å². The molecule has 0 bridgehead atoms. The normalized spacial score (nSPS) is 33.0. The summed E-state index contributed by atoms with van der Waals surface area (Å²) >= 11 is 0. The lowest BCUT2D eigenvalue weighted by Gasteiger charge is -2.38. The van der Waals surface area contributed by atoms with Crippen molar-refractivity contribution in [2.75, 3.05) is 26.2 Å². The van der Waals surface area contributed by atoms with E-state index in [2.05, 4.69) is 9.80 Å². The van der Waals surface area contributed by atoms with Crippen molar-refractivity contribution in [3.8, 4) is 0 Å². The second-order valence-electron chi connectivity index (χ2n) is 6.91. The molecule has 3 rings (SSSR count). The lowest BCUT2D eigenvalue weighted by atomic mass is 9.99. The number of piperazine rings is 1. The zero-order chi connectivity index (χ0) is 13.9. The zero-order valence-corrected chi connectivity index (χ0v) is 12.6. The lowest BCUT2D eigenvalue weighted by Crippen LogP contribution is -2.51. The van der Waals surface area contributed by atoms with Gasteiger partial charge in [-0.2, -0.15) is 0 Å². The highest BCUT2D eigenvalue weighted by Crippen LogP contribution is 2.28. The number of carbonyl (C=O) groups is 1. The van der Waals surface area contributed by atoms with Crippen LogP contribution in [0.25, 0.3) is 0 Å². The van der Waals surface area contributed by atoms with Crippen LogP contribution < -0.4 is 5.73 Å². The highest BCUT2D eigenvalue weighted by molar-refractivity contribution is 5.76. The molecule has 1 aliphatic heterocycles. The van der Waals surface area contributed by atoms with E-state index in [9.17, 15) is 4.79 Å². The second kappa shape index (κ2) is 6.44. The fourth-order valence-electron chi connectivity index (χ4n) is 4.28. The third kappa shape index (κ3) is 3.17. The highest BCUT2D eigenvalue weighted by atomic mass is 16.2. The van der Waals surface area contributed by atoms with Gasteiger partial charge in [0.1, 0.15) is 0 Å². The van der Waals surface area contributed by atoms with Crippen LogP contribution in [0.2, 0.25) is 0 Å². The molecule has 0 radical (unpaired) electrons. The van der Waals surface area contributed by atoms with Crippen LogP contribution in [-0.4, -0.2) is 54.0 Å². The van der Waals surface area contributed by atoms with Gasteiger partial charge >= 0.3 is 0 Å². The first-order chi connectivity index (χ1) is 9.74. The van der Waals surface area contributed by atoms with Crippen molar-refractivity contribution >= 4 is 5.91 Å². The van der Waals surface area contributed by atoms with Crippen LogP contribution in [-0.2, 0) is 4.79 Å². The van der Waals surface area contributed by atoms with E-state index in [1.165, 1.54) is 32.1 Å². The summed E-state index contributed by atoms with van der Waals surface area (Å²) in [7, 11) is 0. The topological polar surface area (TPSA) is 49.6 Å². The van der Waals surface area contributed by atoms with E-state index in [1.54, 1.807) is 0 Å². The fraction of sp³-hybridized carbons (Fsp3) is 0.938. The number of hydrogen-bond acceptors (Lipinski definition) is 3. The van der Waals surface area contributed by atoms with Crippen molar-refractivity contribution in [3.05, 3.63) is 0 Å². The summed E-state index contributed by atoms with van der Waals surface area (Å²) in [4.78, 5) is 17.1. The Kier molecular flexibility index (Phi) is 4.61. The summed E-state index contributed by atoms with van der Waals surface area (Å²) in [5.41, 5.74) is 6.08. The molecule has 0 spiro atoms. The van der Waals surface area contributed by atoms with E-state index in [1.807, 2.05) is 0 Å². The molecule has 4 heteroatoms. The van der Waals surface area contributed by atoms with Gasteiger partial charge in [-0.1, -0.05) is 19.3 Å². The van der Waals surface area contributed by atoms with E-state index in [4.69, 9.17) is 5.73 Å². The van der Waals surface area contributed by atoms with Gasteiger partial charge in [-0.05, 0) is 31.6 Å². The summed E-state index contributed by atoms with van der Waals surface area (Å²) < 4.78 is 0. The standard InChI is InChI=1S/C16H29N3O/c17-15-7-3-4-13(15)12-16(20)19-10-8-18(9-11-19)14-5-1-2-6-14/h13-15H,1-12,17H2/t13-,15+/m0/s1. The van der Waals surface area contributed by atoms with E-state index in [0.29, 0.717) is 18.2 Å². The molecule has 0 aromatic carbocycles. The molecule has 2 atom stereocenters. The highest BCUT2D eigenvalue weighted by Gasteiger charge is 2.31. The molecular formula is C16H29N3O. The van der Waals surface area contributed by atoms with Gasteiger partial charge < -0.3 is 10.6 Å². The molecule has 1 heterocycles. The van der Waals surface area contributed by atoms with Gasteiger partial charge in [0.05, 0.1) is 0 Å². The molecule has 0 aromatic rings. The summed E-state index contributed by atoms with van der Waals surface area (Å²) in [6, 6.07) is 1.06. The third-order valence-corrected chi connectivity index (χ3v) is 5.66. The summed E-state index contributed by atoms with van der Waals surface area (Å²) in [5, 5.41) is 0. The Morgan fingerprint density at radius 3 is 2.25 bits per heavy atom. The number of hydrogen-bond donors (Lipinski definition) is 1. The van der Waals surface area contributed by atoms with E-state index in [-0.39, 0.29) is 6.04 Å². The van der Waals surface area contributed by atoms with Gasteiger partial charge in [-0.15, -0.1) is 0 Å². The number of amides is 1. The van der Waals surface area contributed by atoms with E-state index in [0.717, 1.165) is 45.1 Å². The molecule has 0 aromatic heterocycles. The second-order valence-corrected chi connectivity index (χ2v) is 6.91. The van der Waals surface area contributed by atoms with Crippen LogP contribution in [0.5, 0.6) is 0 Å². The Labute approximate surface area is 122 Å². The van der Waals surface area contributed by atoms with Crippen LogP contribution in [0.15, 0.2) is 0 Å². The first-order valence-electron chi connectivity index (χ1n) is 8.51. The van der Waals surface area contributed by atoms with Crippen molar-refractivity contribution in [2.24, 2.45) is 11.7 Å². The molecule has 3 aliphatic rings. The average molecular weight is 279 g/mol. The predicted octanol–water partition coefficient (Wildman–Crippen LogP) is 1.59. The molecule has 114 valence electrons. The van der Waals surface area contributed by atoms with Crippen molar-refractivity contribution in [3.63, 3.8) is 0 Å². The van der Waals surface area contributed by atoms with Gasteiger partial charge in [0.15, 0.2) is 0 Å². The Balaban J connectivity index is 1.44. The first-order valence-corrected chi connectivity index (χ1v) is 8.51. The van der Waals surface area contributed by atoms with Gasteiger partial charge in [0.25, 0.3) is 0 Å². The zero-order valence-electron chi connectivity index (χ0n) is 12.6. The minimum absolute atomic E-state index is 0.263. The summed E-state index contributed by atoms with van der Waals surface area (Å²) in [6.45, 7) is 4.01. The molecule has 1 saturated heterocycles. The molecule has 2 aliphatic carbocycles. The maximum absolute atomic E-state index is 12.4. The summed E-state index contributed by atoms with van der Waals surface area (Å²) in [5.74, 6) is 0.786. The molecular weight excluding hydrogens is 250 g/mol. The third-order valence-electron chi connectivity index (χ3n) is 5.66. The summed E-state index contributed by atoms with van der Waals surface area (Å²) in [6.07, 6.45) is 9.66. The van der Waals surface area contributed by atoms with Gasteiger partial charge in [0.2, 0.25) is 5.91 Å². The van der Waals surface area contributed by atoms with Crippen molar-refractivity contribution < 1.29 is 4.79 Å². The Bertz CT molecular complexity index is 333. The van der Waals surface area contributed by atoms with E-state index < -0.39 is 0 Å². The molecule has 4 nitrogen and oxygen atoms in total. The number of nitrogens with two attached hydrogens (primary N) is 1. The Hall–Kier alpha value is -0.610. The lowest BCUT2D eigenvalue weighted by molar-refractivity contribution is -0.134. The SMILES string of the molecule is N[C@@H]1CCC[C@H]1CC(=O)N1CCN(C2CCCC2)CC1. The van der Waals surface area contributed by atoms with Crippen molar-refractivity contribution in [2.45, 2.75) is 63.5 Å². The maximum Gasteiger partial charge on any atom is 0.222 e. The Morgan fingerprint density at radius 2 is 1.65 bits per heavy atom. The van der Waals surface area contributed by atoms with Crippen LogP contribution in [0.4, 0.5) is 0 Å². The van der Waals surface area contributed by atoms with Crippen LogP contribution in [0.3, 0.4) is 0 Å². The van der Waals surface area contributed by atoms with Crippen molar-refractivity contribution in [1.82, 2.24) is 9.80 Å². The molecule has 1 amide bonds. The minimum atomic E-state index is 0.263. The number of nitrogens with zero attached hydrogens (tertiary/aromatic N) is 2. The first kappa shape index (κ1) is 14.3. The van der Waals surface area contributed by atoms with Crippen LogP contribution in [0.1, 0.15) is 51.4 Å². The Morgan fingerprint density at radius 1 is 0.950 bits per heavy atom. The smallest absolute Gasteiger partial charge is 0.222 e. The minimum Gasteiger partial charge on any atom is -0.340 e. The predicted molar refractivity (Wildman–Crippen MR) is 80.3 cm³/mol. The molecule has 3 fully saturated rings.